The van der Waals surface area contributed by atoms with Crippen LogP contribution >= 0.6 is 19.0 Å². The Balaban J connectivity index is 1.21. The number of aromatic nitrogens is 8. The molecule has 0 bridgehead atoms. The number of methoxy groups -OCH3 is 1. The number of aliphatic hydroxyl groups excluding tert-OH is 2. The lowest BCUT2D eigenvalue weighted by atomic mass is 9.98. The first-order valence-corrected chi connectivity index (χ1v) is 16.1. The van der Waals surface area contributed by atoms with Crippen molar-refractivity contribution in [2.24, 2.45) is 0 Å². The largest absolute Gasteiger partial charge is 0.396 e. The topological polar surface area (TPSA) is 263 Å². The number of imidazole rings is 2. The summed E-state index contributed by atoms with van der Waals surface area (Å²) in [7, 11) is 1.41. The molecule has 21 heteroatoms. The van der Waals surface area contributed by atoms with Crippen LogP contribution in [0.1, 0.15) is 32.2 Å². The number of aromatic amines is 1. The van der Waals surface area contributed by atoms with E-state index in [0.717, 1.165) is 0 Å². The van der Waals surface area contributed by atoms with Crippen LogP contribution < -0.4 is 17.0 Å². The van der Waals surface area contributed by atoms with E-state index in [9.17, 15) is 19.6 Å². The number of hydrogen-bond acceptors (Lipinski definition) is 16. The summed E-state index contributed by atoms with van der Waals surface area (Å²) in [6.45, 7) is -3.20. The Hall–Kier alpha value is -3.20. The minimum atomic E-state index is -4.16. The van der Waals surface area contributed by atoms with Crippen molar-refractivity contribution < 1.29 is 38.0 Å². The molecule has 2 aliphatic rings. The van der Waals surface area contributed by atoms with Gasteiger partial charge in [-0.25, -0.2) is 24.5 Å². The van der Waals surface area contributed by atoms with Crippen molar-refractivity contribution in [3.63, 3.8) is 0 Å². The normalized spacial score (nSPS) is 30.4. The number of nitrogens with two attached hydrogens (primary N) is 2. The number of nitrogen functional groups attached to an aromatic ring is 2. The van der Waals surface area contributed by atoms with Crippen LogP contribution in [0, 0.1) is 0 Å². The van der Waals surface area contributed by atoms with Crippen LogP contribution in [0.3, 0.4) is 0 Å². The zero-order valence-corrected chi connectivity index (χ0v) is 25.2. The lowest BCUT2D eigenvalue weighted by molar-refractivity contribution is -0.113. The standard InChI is InChI=1S/C23H31N10O9PS/c1-23(15(35)14(38-2)21(41-23)32-8-28-12-16(24)26-7-27-17(12)32)6-39-43(37,44)42-11-5-10(3-4-34)40-20(11)33-9-29-13-18(33)30-22(25)31-19(13)36/h7-11,14-15,20-21,34-35H,3-6H2,1-2H3,(H,37,44)(H2,24,26,27)(H3,25,30,31,36)/t10-,11-,14-,15+,20-,21-,23?,43?/m1/s1. The highest BCUT2D eigenvalue weighted by atomic mass is 32.7. The summed E-state index contributed by atoms with van der Waals surface area (Å²) in [5.41, 5.74) is 10.5. The fourth-order valence-corrected chi connectivity index (χ4v) is 7.03. The number of ether oxygens (including phenoxy) is 3. The molecule has 4 aromatic heterocycles. The number of hydrogen-bond donors (Lipinski definition) is 6. The van der Waals surface area contributed by atoms with Crippen LogP contribution in [0.4, 0.5) is 11.8 Å². The van der Waals surface area contributed by atoms with Gasteiger partial charge in [-0.05, 0) is 13.3 Å². The molecule has 0 aliphatic carbocycles. The number of H-pyrrole nitrogens is 1. The Morgan fingerprint density at radius 1 is 1.18 bits per heavy atom. The first kappa shape index (κ1) is 30.8. The molecule has 0 aromatic carbocycles. The van der Waals surface area contributed by atoms with Gasteiger partial charge >= 0.3 is 6.80 Å². The van der Waals surface area contributed by atoms with Crippen LogP contribution in [-0.4, -0.2) is 99.6 Å². The summed E-state index contributed by atoms with van der Waals surface area (Å²) < 4.78 is 45.9. The average molecular weight is 655 g/mol. The van der Waals surface area contributed by atoms with Gasteiger partial charge in [0.1, 0.15) is 35.8 Å². The van der Waals surface area contributed by atoms with Crippen LogP contribution in [0.15, 0.2) is 23.8 Å². The predicted molar refractivity (Wildman–Crippen MR) is 155 cm³/mol. The number of aliphatic hydroxyl groups is 2. The molecule has 2 unspecified atom stereocenters. The Morgan fingerprint density at radius 3 is 2.64 bits per heavy atom. The molecule has 0 amide bonds. The number of fused-ring (bicyclic) bond motifs is 2. The third kappa shape index (κ3) is 5.46. The number of thiol groups is 1. The maximum Gasteiger partial charge on any atom is 0.386 e. The summed E-state index contributed by atoms with van der Waals surface area (Å²) >= 11 is 4.19. The van der Waals surface area contributed by atoms with Gasteiger partial charge in [0.2, 0.25) is 5.95 Å². The van der Waals surface area contributed by atoms with Crippen LogP contribution in [0.5, 0.6) is 0 Å². The summed E-state index contributed by atoms with van der Waals surface area (Å²) in [5.74, 6) is 0.0381. The molecule has 4 aromatic rings. The molecule has 0 radical (unpaired) electrons. The van der Waals surface area contributed by atoms with E-state index >= 15 is 0 Å². The van der Waals surface area contributed by atoms with Gasteiger partial charge in [0.15, 0.2) is 35.1 Å². The number of nitrogens with zero attached hydrogens (tertiary/aromatic N) is 7. The monoisotopic (exact) mass is 654 g/mol. The first-order chi connectivity index (χ1) is 20.9. The van der Waals surface area contributed by atoms with E-state index in [4.69, 9.17) is 34.7 Å². The highest BCUT2D eigenvalue weighted by molar-refractivity contribution is 8.44. The molecule has 2 aliphatic heterocycles. The number of nitrogens with one attached hydrogen (secondary N) is 1. The molecule has 44 heavy (non-hydrogen) atoms. The van der Waals surface area contributed by atoms with E-state index in [1.807, 2.05) is 0 Å². The molecule has 0 saturated carbocycles. The van der Waals surface area contributed by atoms with Gasteiger partial charge in [0.25, 0.3) is 5.56 Å². The highest BCUT2D eigenvalue weighted by Gasteiger charge is 2.54. The van der Waals surface area contributed by atoms with E-state index in [1.165, 1.54) is 30.7 Å². The van der Waals surface area contributed by atoms with Crippen molar-refractivity contribution in [1.82, 2.24) is 39.0 Å². The SMILES string of the molecule is CO[C@H]1[C@H](n2cnc3c(N)ncnc32)OC(C)(COP(=O)(S)O[C@@H]2C[C@@H](CCO)O[C@H]2n2cnc3c(=O)[nH]c(N)nc32)[C@H]1O. The summed E-state index contributed by atoms with van der Waals surface area (Å²) in [6.07, 6.45) is -0.967. The number of anilines is 2. The summed E-state index contributed by atoms with van der Waals surface area (Å²) in [5, 5.41) is 20.7. The molecule has 2 fully saturated rings. The molecule has 6 heterocycles. The van der Waals surface area contributed by atoms with E-state index in [0.29, 0.717) is 11.2 Å². The van der Waals surface area contributed by atoms with Gasteiger partial charge in [0.05, 0.1) is 25.4 Å². The average Bonchev–Trinajstić information content (AvgIpc) is 3.73. The third-order valence-electron chi connectivity index (χ3n) is 7.65. The molecular weight excluding hydrogens is 623 g/mol. The second kappa shape index (κ2) is 11.6. The van der Waals surface area contributed by atoms with Crippen LogP contribution in [-0.2, 0) is 27.8 Å². The predicted octanol–water partition coefficient (Wildman–Crippen LogP) is -0.103. The Labute approximate surface area is 253 Å². The van der Waals surface area contributed by atoms with E-state index in [-0.39, 0.29) is 42.4 Å². The first-order valence-electron chi connectivity index (χ1n) is 13.4. The Kier molecular flexibility index (Phi) is 8.14. The lowest BCUT2D eigenvalue weighted by Crippen LogP contribution is -2.44. The summed E-state index contributed by atoms with van der Waals surface area (Å²) in [4.78, 5) is 35.3. The van der Waals surface area contributed by atoms with Gasteiger partial charge in [0, 0.05) is 20.1 Å². The minimum Gasteiger partial charge on any atom is -0.396 e. The van der Waals surface area contributed by atoms with Crippen molar-refractivity contribution in [2.75, 3.05) is 31.8 Å². The molecular formula is C23H31N10O9PS. The van der Waals surface area contributed by atoms with Gasteiger partial charge in [-0.15, -0.1) is 0 Å². The lowest BCUT2D eigenvalue weighted by Gasteiger charge is -2.29. The highest BCUT2D eigenvalue weighted by Crippen LogP contribution is 2.58. The molecule has 7 N–H and O–H groups in total. The maximum atomic E-state index is 13.6. The van der Waals surface area contributed by atoms with E-state index in [1.54, 1.807) is 11.5 Å². The van der Waals surface area contributed by atoms with Crippen LogP contribution in [0.25, 0.3) is 22.3 Å². The second-order valence-corrected chi connectivity index (χ2v) is 13.5. The molecule has 238 valence electrons. The van der Waals surface area contributed by atoms with Crippen molar-refractivity contribution in [3.05, 3.63) is 29.3 Å². The molecule has 2 saturated heterocycles. The van der Waals surface area contributed by atoms with E-state index < -0.39 is 61.4 Å². The van der Waals surface area contributed by atoms with Crippen molar-refractivity contribution in [3.8, 4) is 0 Å². The van der Waals surface area contributed by atoms with Crippen molar-refractivity contribution in [2.45, 2.75) is 62.2 Å². The quantitative estimate of drug-likeness (QED) is 0.0963. The molecule has 0 spiro atoms. The van der Waals surface area contributed by atoms with Crippen LogP contribution in [0.2, 0.25) is 0 Å². The summed E-state index contributed by atoms with van der Waals surface area (Å²) in [6, 6.07) is 0. The maximum absolute atomic E-state index is 13.6. The van der Waals surface area contributed by atoms with E-state index in [2.05, 4.69) is 42.2 Å². The van der Waals surface area contributed by atoms with Gasteiger partial charge in [-0.1, -0.05) is 12.2 Å². The van der Waals surface area contributed by atoms with Crippen molar-refractivity contribution in [1.29, 1.82) is 0 Å². The Morgan fingerprint density at radius 2 is 1.91 bits per heavy atom. The molecule has 8 atom stereocenters. The third-order valence-corrected chi connectivity index (χ3v) is 9.27. The minimum absolute atomic E-state index is 0.0137. The zero-order valence-electron chi connectivity index (χ0n) is 23.5. The molecule has 6 rings (SSSR count). The van der Waals surface area contributed by atoms with Gasteiger partial charge in [-0.3, -0.25) is 28.0 Å². The van der Waals surface area contributed by atoms with Gasteiger partial charge < -0.3 is 35.9 Å². The Bertz CT molecular complexity index is 1790. The fraction of sp³-hybridized carbons (Fsp3) is 0.565. The molecule has 19 nitrogen and oxygen atoms in total. The second-order valence-electron chi connectivity index (χ2n) is 10.6. The fourth-order valence-electron chi connectivity index (χ4n) is 5.48. The van der Waals surface area contributed by atoms with Crippen molar-refractivity contribution >= 4 is 53.1 Å². The van der Waals surface area contributed by atoms with Gasteiger partial charge in [-0.2, -0.15) is 4.98 Å². The zero-order chi connectivity index (χ0) is 31.4. The smallest absolute Gasteiger partial charge is 0.386 e. The number of rotatable bonds is 10.